The highest BCUT2D eigenvalue weighted by Crippen LogP contribution is 2.23. The molecule has 5 nitrogen and oxygen atoms in total. The van der Waals surface area contributed by atoms with Crippen LogP contribution >= 0.6 is 0 Å². The van der Waals surface area contributed by atoms with Gasteiger partial charge in [-0.05, 0) is 53.4 Å². The van der Waals surface area contributed by atoms with E-state index in [1.165, 1.54) is 0 Å². The SMILES string of the molecule is CC#Cc1cnc(NC(C)(C)C)nc1NC1CCCC(O)C1. The first-order chi connectivity index (χ1) is 10.4. The van der Waals surface area contributed by atoms with Crippen LogP contribution in [0.15, 0.2) is 6.20 Å². The van der Waals surface area contributed by atoms with Gasteiger partial charge in [0, 0.05) is 11.6 Å². The Morgan fingerprint density at radius 3 is 2.73 bits per heavy atom. The summed E-state index contributed by atoms with van der Waals surface area (Å²) < 4.78 is 0. The lowest BCUT2D eigenvalue weighted by Crippen LogP contribution is -2.31. The molecular formula is C17H26N4O. The first-order valence-electron chi connectivity index (χ1n) is 7.90. The van der Waals surface area contributed by atoms with Crippen LogP contribution in [0.3, 0.4) is 0 Å². The maximum absolute atomic E-state index is 9.82. The Bertz CT molecular complexity index is 568. The number of aliphatic hydroxyl groups is 1. The monoisotopic (exact) mass is 302 g/mol. The van der Waals surface area contributed by atoms with E-state index in [2.05, 4.69) is 53.2 Å². The third kappa shape index (κ3) is 4.88. The van der Waals surface area contributed by atoms with E-state index in [1.807, 2.05) is 0 Å². The molecule has 22 heavy (non-hydrogen) atoms. The van der Waals surface area contributed by atoms with Crippen molar-refractivity contribution in [1.82, 2.24) is 9.97 Å². The second-order valence-electron chi connectivity index (χ2n) is 6.87. The van der Waals surface area contributed by atoms with Gasteiger partial charge in [0.05, 0.1) is 17.9 Å². The summed E-state index contributed by atoms with van der Waals surface area (Å²) >= 11 is 0. The van der Waals surface area contributed by atoms with Gasteiger partial charge in [0.2, 0.25) is 5.95 Å². The predicted molar refractivity (Wildman–Crippen MR) is 89.8 cm³/mol. The number of aromatic nitrogens is 2. The van der Waals surface area contributed by atoms with Crippen LogP contribution in [-0.2, 0) is 0 Å². The van der Waals surface area contributed by atoms with Crippen molar-refractivity contribution < 1.29 is 5.11 Å². The molecule has 2 rings (SSSR count). The number of hydrogen-bond donors (Lipinski definition) is 3. The second-order valence-corrected chi connectivity index (χ2v) is 6.87. The van der Waals surface area contributed by atoms with Crippen molar-refractivity contribution in [3.05, 3.63) is 11.8 Å². The molecule has 1 aliphatic carbocycles. The third-order valence-electron chi connectivity index (χ3n) is 3.52. The van der Waals surface area contributed by atoms with Crippen LogP contribution in [-0.4, -0.2) is 32.8 Å². The van der Waals surface area contributed by atoms with Crippen LogP contribution in [0.2, 0.25) is 0 Å². The molecule has 1 saturated carbocycles. The van der Waals surface area contributed by atoms with E-state index in [0.29, 0.717) is 5.95 Å². The summed E-state index contributed by atoms with van der Waals surface area (Å²) in [6.07, 6.45) is 5.25. The average Bonchev–Trinajstić information content (AvgIpc) is 2.40. The zero-order valence-electron chi connectivity index (χ0n) is 13.9. The van der Waals surface area contributed by atoms with Crippen LogP contribution in [0.25, 0.3) is 0 Å². The number of nitrogens with zero attached hydrogens (tertiary/aromatic N) is 2. The minimum Gasteiger partial charge on any atom is -0.393 e. The lowest BCUT2D eigenvalue weighted by Gasteiger charge is -2.28. The highest BCUT2D eigenvalue weighted by molar-refractivity contribution is 5.56. The fourth-order valence-electron chi connectivity index (χ4n) is 2.60. The van der Waals surface area contributed by atoms with Crippen LogP contribution in [0.1, 0.15) is 58.9 Å². The lowest BCUT2D eigenvalue weighted by molar-refractivity contribution is 0.124. The Labute approximate surface area is 133 Å². The van der Waals surface area contributed by atoms with Gasteiger partial charge in [-0.2, -0.15) is 4.98 Å². The highest BCUT2D eigenvalue weighted by atomic mass is 16.3. The maximum atomic E-state index is 9.82. The van der Waals surface area contributed by atoms with E-state index in [1.54, 1.807) is 13.1 Å². The Morgan fingerprint density at radius 2 is 2.09 bits per heavy atom. The van der Waals surface area contributed by atoms with E-state index >= 15 is 0 Å². The summed E-state index contributed by atoms with van der Waals surface area (Å²) in [5.74, 6) is 7.27. The van der Waals surface area contributed by atoms with Crippen molar-refractivity contribution in [2.24, 2.45) is 0 Å². The van der Waals surface area contributed by atoms with Crippen molar-refractivity contribution in [1.29, 1.82) is 0 Å². The third-order valence-corrected chi connectivity index (χ3v) is 3.52. The fraction of sp³-hybridized carbons (Fsp3) is 0.647. The molecule has 5 heteroatoms. The van der Waals surface area contributed by atoms with E-state index in [9.17, 15) is 5.11 Å². The number of aliphatic hydroxyl groups excluding tert-OH is 1. The standard InChI is InChI=1S/C17H26N4O/c1-5-7-12-11-18-16(21-17(2,3)4)20-15(12)19-13-8-6-9-14(22)10-13/h11,13-14,22H,6,8-10H2,1-4H3,(H2,18,19,20,21). The van der Waals surface area contributed by atoms with Gasteiger partial charge in [0.25, 0.3) is 0 Å². The molecule has 0 bridgehead atoms. The Balaban J connectivity index is 2.21. The fourth-order valence-corrected chi connectivity index (χ4v) is 2.60. The predicted octanol–water partition coefficient (Wildman–Crippen LogP) is 2.77. The summed E-state index contributed by atoms with van der Waals surface area (Å²) in [6, 6.07) is 0.235. The van der Waals surface area contributed by atoms with E-state index < -0.39 is 0 Å². The molecular weight excluding hydrogens is 276 g/mol. The average molecular weight is 302 g/mol. The molecule has 0 aromatic carbocycles. The molecule has 0 spiro atoms. The van der Waals surface area contributed by atoms with Crippen molar-refractivity contribution >= 4 is 11.8 Å². The van der Waals surface area contributed by atoms with Crippen molar-refractivity contribution in [3.8, 4) is 11.8 Å². The summed E-state index contributed by atoms with van der Waals surface area (Å²) in [4.78, 5) is 8.92. The minimum atomic E-state index is -0.221. The van der Waals surface area contributed by atoms with Crippen molar-refractivity contribution in [3.63, 3.8) is 0 Å². The molecule has 120 valence electrons. The second kappa shape index (κ2) is 6.97. The van der Waals surface area contributed by atoms with Gasteiger partial charge in [-0.1, -0.05) is 5.92 Å². The van der Waals surface area contributed by atoms with Gasteiger partial charge >= 0.3 is 0 Å². The maximum Gasteiger partial charge on any atom is 0.225 e. The number of nitrogens with one attached hydrogen (secondary N) is 2. The van der Waals surface area contributed by atoms with Gasteiger partial charge in [-0.3, -0.25) is 0 Å². The first kappa shape index (κ1) is 16.6. The summed E-state index contributed by atoms with van der Waals surface area (Å²) in [5, 5.41) is 16.5. The minimum absolute atomic E-state index is 0.101. The Morgan fingerprint density at radius 1 is 1.32 bits per heavy atom. The van der Waals surface area contributed by atoms with Gasteiger partial charge < -0.3 is 15.7 Å². The van der Waals surface area contributed by atoms with E-state index in [-0.39, 0.29) is 17.7 Å². The van der Waals surface area contributed by atoms with Crippen molar-refractivity contribution in [2.45, 2.75) is 71.1 Å². The molecule has 1 fully saturated rings. The van der Waals surface area contributed by atoms with Crippen LogP contribution < -0.4 is 10.6 Å². The number of hydrogen-bond acceptors (Lipinski definition) is 5. The Hall–Kier alpha value is -1.80. The van der Waals surface area contributed by atoms with Gasteiger partial charge in [-0.25, -0.2) is 4.98 Å². The molecule has 0 aliphatic heterocycles. The molecule has 0 saturated heterocycles. The van der Waals surface area contributed by atoms with Crippen LogP contribution in [0.5, 0.6) is 0 Å². The smallest absolute Gasteiger partial charge is 0.225 e. The Kier molecular flexibility index (Phi) is 5.25. The highest BCUT2D eigenvalue weighted by Gasteiger charge is 2.21. The molecule has 1 aromatic heterocycles. The lowest BCUT2D eigenvalue weighted by atomic mass is 9.93. The quantitative estimate of drug-likeness (QED) is 0.749. The van der Waals surface area contributed by atoms with Crippen molar-refractivity contribution in [2.75, 3.05) is 10.6 Å². The zero-order valence-corrected chi connectivity index (χ0v) is 13.9. The van der Waals surface area contributed by atoms with Crippen LogP contribution in [0.4, 0.5) is 11.8 Å². The van der Waals surface area contributed by atoms with Gasteiger partial charge in [0.1, 0.15) is 5.82 Å². The molecule has 1 heterocycles. The summed E-state index contributed by atoms with van der Waals surface area (Å²) in [7, 11) is 0. The van der Waals surface area contributed by atoms with E-state index in [4.69, 9.17) is 0 Å². The van der Waals surface area contributed by atoms with E-state index in [0.717, 1.165) is 37.1 Å². The van der Waals surface area contributed by atoms with Gasteiger partial charge in [0.15, 0.2) is 0 Å². The topological polar surface area (TPSA) is 70.1 Å². The molecule has 3 N–H and O–H groups in total. The molecule has 1 aliphatic rings. The molecule has 2 unspecified atom stereocenters. The number of rotatable bonds is 3. The first-order valence-corrected chi connectivity index (χ1v) is 7.90. The zero-order chi connectivity index (χ0) is 16.2. The largest absolute Gasteiger partial charge is 0.393 e. The molecule has 2 atom stereocenters. The molecule has 0 amide bonds. The summed E-state index contributed by atoms with van der Waals surface area (Å²) in [6.45, 7) is 8.01. The summed E-state index contributed by atoms with van der Waals surface area (Å²) in [5.41, 5.74) is 0.693. The normalized spacial score (nSPS) is 21.7. The molecule has 0 radical (unpaired) electrons. The number of anilines is 2. The van der Waals surface area contributed by atoms with Crippen LogP contribution in [0, 0.1) is 11.8 Å². The van der Waals surface area contributed by atoms with Gasteiger partial charge in [-0.15, -0.1) is 5.92 Å². The molecule has 1 aromatic rings.